The number of ether oxygens (including phenoxy) is 1. The fourth-order valence-electron chi connectivity index (χ4n) is 4.67. The molecule has 1 aliphatic rings. The van der Waals surface area contributed by atoms with Crippen molar-refractivity contribution in [1.82, 2.24) is 39.8 Å². The minimum absolute atomic E-state index is 0.220. The second-order valence-electron chi connectivity index (χ2n) is 9.08. The molecule has 0 radical (unpaired) electrons. The van der Waals surface area contributed by atoms with Crippen LogP contribution in [0.3, 0.4) is 0 Å². The van der Waals surface area contributed by atoms with E-state index in [0.717, 1.165) is 49.2 Å². The molecule has 0 bridgehead atoms. The highest BCUT2D eigenvalue weighted by atomic mass is 16.5. The number of likely N-dealkylation sites (tertiary alicyclic amines) is 1. The van der Waals surface area contributed by atoms with Crippen molar-refractivity contribution in [3.8, 4) is 23.1 Å². The van der Waals surface area contributed by atoms with E-state index in [0.29, 0.717) is 22.5 Å². The molecule has 0 spiro atoms. The van der Waals surface area contributed by atoms with Gasteiger partial charge in [-0.1, -0.05) is 11.3 Å². The standard InChI is InChI=1S/C26H28N10O/c1-34-15-21(13-31-34)19-8-23(26-24(10-28)32-33-36(26)16-19)20(9-27)12-29-22-4-3-7-35(17-22)14-18-5-6-25(37-2)30-11-18/h5-6,8-9,11-13,15-16,22,27,29H,3-4,7,14,17H2,1-2H3/b20-12+,27-9?. The molecule has 1 aliphatic heterocycles. The quantitative estimate of drug-likeness (QED) is 0.356. The highest BCUT2D eigenvalue weighted by molar-refractivity contribution is 6.11. The number of pyridine rings is 2. The number of aromatic nitrogens is 6. The van der Waals surface area contributed by atoms with Crippen molar-refractivity contribution < 1.29 is 4.74 Å². The molecule has 0 saturated carbocycles. The third-order valence-corrected chi connectivity index (χ3v) is 6.51. The molecule has 5 rings (SSSR count). The number of methoxy groups -OCH3 is 1. The first-order valence-corrected chi connectivity index (χ1v) is 12.0. The number of fused-ring (bicyclic) bond motifs is 1. The molecule has 1 fully saturated rings. The second-order valence-corrected chi connectivity index (χ2v) is 9.08. The molecule has 0 amide bonds. The number of rotatable bonds is 8. The molecule has 5 heterocycles. The first-order valence-electron chi connectivity index (χ1n) is 12.0. The lowest BCUT2D eigenvalue weighted by atomic mass is 10.0. The van der Waals surface area contributed by atoms with E-state index < -0.39 is 0 Å². The number of nitriles is 1. The summed E-state index contributed by atoms with van der Waals surface area (Å²) < 4.78 is 8.48. The molecule has 4 aromatic rings. The van der Waals surface area contributed by atoms with Crippen LogP contribution in [0, 0.1) is 16.7 Å². The smallest absolute Gasteiger partial charge is 0.212 e. The van der Waals surface area contributed by atoms with Crippen molar-refractivity contribution in [2.75, 3.05) is 20.2 Å². The molecular formula is C26H28N10O. The van der Waals surface area contributed by atoms with Crippen LogP contribution in [-0.4, -0.2) is 66.9 Å². The van der Waals surface area contributed by atoms with Crippen molar-refractivity contribution in [2.24, 2.45) is 7.05 Å². The second kappa shape index (κ2) is 10.6. The lowest BCUT2D eigenvalue weighted by Crippen LogP contribution is -2.43. The minimum Gasteiger partial charge on any atom is -0.481 e. The SMILES string of the molecule is COc1ccc(CN2CCCC(N/C=C(\C=N)c3cc(-c4cnn(C)c4)cn4nnc(C#N)c34)C2)cn1. The van der Waals surface area contributed by atoms with Gasteiger partial charge in [-0.15, -0.1) is 5.10 Å². The van der Waals surface area contributed by atoms with E-state index in [-0.39, 0.29) is 11.7 Å². The van der Waals surface area contributed by atoms with Crippen LogP contribution in [0.25, 0.3) is 22.2 Å². The van der Waals surface area contributed by atoms with Gasteiger partial charge in [-0.3, -0.25) is 9.58 Å². The Morgan fingerprint density at radius 2 is 2.19 bits per heavy atom. The van der Waals surface area contributed by atoms with Crippen molar-refractivity contribution >= 4 is 17.3 Å². The zero-order valence-corrected chi connectivity index (χ0v) is 20.8. The number of nitrogens with zero attached hydrogens (tertiary/aromatic N) is 8. The largest absolute Gasteiger partial charge is 0.481 e. The van der Waals surface area contributed by atoms with Crippen molar-refractivity contribution in [1.29, 1.82) is 10.7 Å². The van der Waals surface area contributed by atoms with E-state index in [1.807, 2.05) is 50.0 Å². The molecule has 0 aromatic carbocycles. The average molecular weight is 497 g/mol. The maximum absolute atomic E-state index is 9.62. The normalized spacial score (nSPS) is 16.5. The summed E-state index contributed by atoms with van der Waals surface area (Å²) in [5.41, 5.74) is 5.07. The van der Waals surface area contributed by atoms with Crippen LogP contribution in [0.5, 0.6) is 5.88 Å². The van der Waals surface area contributed by atoms with E-state index >= 15 is 0 Å². The summed E-state index contributed by atoms with van der Waals surface area (Å²) in [6, 6.07) is 8.23. The van der Waals surface area contributed by atoms with Gasteiger partial charge in [-0.05, 0) is 31.0 Å². The van der Waals surface area contributed by atoms with Crippen LogP contribution in [0.2, 0.25) is 0 Å². The number of nitrogens with one attached hydrogen (secondary N) is 2. The Balaban J connectivity index is 1.38. The van der Waals surface area contributed by atoms with Crippen molar-refractivity contribution in [3.05, 3.63) is 66.0 Å². The average Bonchev–Trinajstić information content (AvgIpc) is 3.55. The Morgan fingerprint density at radius 3 is 2.89 bits per heavy atom. The van der Waals surface area contributed by atoms with Gasteiger partial charge in [0.1, 0.15) is 11.6 Å². The molecule has 1 atom stereocenters. The van der Waals surface area contributed by atoms with Gasteiger partial charge in [0.25, 0.3) is 0 Å². The van der Waals surface area contributed by atoms with Gasteiger partial charge in [0.15, 0.2) is 5.69 Å². The molecular weight excluding hydrogens is 468 g/mol. The molecule has 2 N–H and O–H groups in total. The lowest BCUT2D eigenvalue weighted by molar-refractivity contribution is 0.190. The lowest BCUT2D eigenvalue weighted by Gasteiger charge is -2.33. The third-order valence-electron chi connectivity index (χ3n) is 6.51. The number of aryl methyl sites for hydroxylation is 1. The van der Waals surface area contributed by atoms with Gasteiger partial charge in [0.2, 0.25) is 5.88 Å². The Bertz CT molecular complexity index is 1480. The predicted octanol–water partition coefficient (Wildman–Crippen LogP) is 2.65. The summed E-state index contributed by atoms with van der Waals surface area (Å²) in [5, 5.41) is 33.7. The van der Waals surface area contributed by atoms with Crippen LogP contribution in [-0.2, 0) is 13.6 Å². The topological polar surface area (TPSA) is 133 Å². The fraction of sp³-hybridized carbons (Fsp3) is 0.308. The monoisotopic (exact) mass is 496 g/mol. The summed E-state index contributed by atoms with van der Waals surface area (Å²) in [5.74, 6) is 0.612. The first-order chi connectivity index (χ1) is 18.1. The third kappa shape index (κ3) is 5.19. The van der Waals surface area contributed by atoms with Crippen LogP contribution < -0.4 is 10.1 Å². The summed E-state index contributed by atoms with van der Waals surface area (Å²) in [7, 11) is 3.47. The van der Waals surface area contributed by atoms with E-state index in [4.69, 9.17) is 10.1 Å². The Labute approximate surface area is 214 Å². The van der Waals surface area contributed by atoms with Gasteiger partial charge in [-0.2, -0.15) is 10.4 Å². The fourth-order valence-corrected chi connectivity index (χ4v) is 4.67. The molecule has 188 valence electrons. The van der Waals surface area contributed by atoms with Gasteiger partial charge in [0.05, 0.1) is 13.3 Å². The molecule has 4 aromatic heterocycles. The minimum atomic E-state index is 0.220. The van der Waals surface area contributed by atoms with Crippen molar-refractivity contribution in [3.63, 3.8) is 0 Å². The van der Waals surface area contributed by atoms with E-state index in [1.165, 1.54) is 6.21 Å². The maximum atomic E-state index is 9.62. The highest BCUT2D eigenvalue weighted by Crippen LogP contribution is 2.28. The van der Waals surface area contributed by atoms with Crippen LogP contribution in [0.15, 0.2) is 49.2 Å². The summed E-state index contributed by atoms with van der Waals surface area (Å²) in [4.78, 5) is 6.71. The predicted molar refractivity (Wildman–Crippen MR) is 139 cm³/mol. The summed E-state index contributed by atoms with van der Waals surface area (Å²) in [6.45, 7) is 2.71. The molecule has 11 heteroatoms. The Morgan fingerprint density at radius 1 is 1.30 bits per heavy atom. The number of piperidine rings is 1. The maximum Gasteiger partial charge on any atom is 0.212 e. The van der Waals surface area contributed by atoms with Gasteiger partial charge >= 0.3 is 0 Å². The summed E-state index contributed by atoms with van der Waals surface area (Å²) in [6.07, 6.45) is 12.6. The highest BCUT2D eigenvalue weighted by Gasteiger charge is 2.20. The summed E-state index contributed by atoms with van der Waals surface area (Å²) >= 11 is 0. The molecule has 1 unspecified atom stereocenters. The van der Waals surface area contributed by atoms with E-state index in [1.54, 1.807) is 22.5 Å². The first kappa shape index (κ1) is 24.1. The van der Waals surface area contributed by atoms with Crippen LogP contribution >= 0.6 is 0 Å². The number of hydrogen-bond acceptors (Lipinski definition) is 9. The van der Waals surface area contributed by atoms with Gasteiger partial charge < -0.3 is 15.5 Å². The van der Waals surface area contributed by atoms with Crippen LogP contribution in [0.4, 0.5) is 0 Å². The van der Waals surface area contributed by atoms with Crippen molar-refractivity contribution in [2.45, 2.75) is 25.4 Å². The number of allylic oxidation sites excluding steroid dienone is 1. The van der Waals surface area contributed by atoms with E-state index in [2.05, 4.69) is 36.7 Å². The van der Waals surface area contributed by atoms with E-state index in [9.17, 15) is 5.26 Å². The Kier molecular flexibility index (Phi) is 6.91. The molecule has 37 heavy (non-hydrogen) atoms. The zero-order chi connectivity index (χ0) is 25.8. The van der Waals surface area contributed by atoms with Gasteiger partial charge in [0, 0.05) is 85.5 Å². The molecule has 11 nitrogen and oxygen atoms in total. The van der Waals surface area contributed by atoms with Crippen LogP contribution in [0.1, 0.15) is 29.7 Å². The van der Waals surface area contributed by atoms with Gasteiger partial charge in [-0.25, -0.2) is 9.50 Å². The Hall–Kier alpha value is -4.56. The zero-order valence-electron chi connectivity index (χ0n) is 20.8. The molecule has 0 aliphatic carbocycles. The number of hydrogen-bond donors (Lipinski definition) is 2. The molecule has 1 saturated heterocycles.